The Morgan fingerprint density at radius 2 is 1.74 bits per heavy atom. The van der Waals surface area contributed by atoms with Crippen LogP contribution in [0.1, 0.15) is 28.7 Å². The van der Waals surface area contributed by atoms with Crippen molar-refractivity contribution in [3.8, 4) is 0 Å². The van der Waals surface area contributed by atoms with E-state index >= 15 is 0 Å². The van der Waals surface area contributed by atoms with Gasteiger partial charge in [-0.15, -0.1) is 0 Å². The number of fused-ring (bicyclic) bond motifs is 1. The van der Waals surface area contributed by atoms with Crippen molar-refractivity contribution in [1.29, 1.82) is 0 Å². The van der Waals surface area contributed by atoms with Crippen LogP contribution in [0.15, 0.2) is 47.3 Å². The zero-order valence-electron chi connectivity index (χ0n) is 16.9. The molecule has 2 heterocycles. The van der Waals surface area contributed by atoms with Gasteiger partial charge in [0, 0.05) is 37.4 Å². The summed E-state index contributed by atoms with van der Waals surface area (Å²) >= 11 is 0. The molecule has 0 bridgehead atoms. The van der Waals surface area contributed by atoms with E-state index in [9.17, 15) is 22.8 Å². The van der Waals surface area contributed by atoms with Crippen molar-refractivity contribution in [3.05, 3.63) is 69.8 Å². The Bertz CT molecular complexity index is 1160. The Kier molecular flexibility index (Phi) is 5.53. The van der Waals surface area contributed by atoms with Gasteiger partial charge in [0.15, 0.2) is 5.78 Å². The maximum absolute atomic E-state index is 13.0. The van der Waals surface area contributed by atoms with Gasteiger partial charge < -0.3 is 9.88 Å². The Morgan fingerprint density at radius 3 is 2.35 bits per heavy atom. The van der Waals surface area contributed by atoms with Gasteiger partial charge in [-0.3, -0.25) is 14.5 Å². The number of carbonyl (C=O) groups is 1. The van der Waals surface area contributed by atoms with Crippen molar-refractivity contribution in [2.75, 3.05) is 31.1 Å². The number of aromatic amines is 1. The second-order valence-corrected chi connectivity index (χ2v) is 7.61. The lowest BCUT2D eigenvalue weighted by molar-refractivity contribution is -0.137. The number of piperazine rings is 1. The van der Waals surface area contributed by atoms with Crippen LogP contribution in [0.2, 0.25) is 0 Å². The summed E-state index contributed by atoms with van der Waals surface area (Å²) in [6.07, 6.45) is -4.49. The lowest BCUT2D eigenvalue weighted by atomic mass is 10.1. The number of ketones is 1. The molecule has 162 valence electrons. The first-order valence-electron chi connectivity index (χ1n) is 9.89. The molecule has 2 aromatic carbocycles. The first-order chi connectivity index (χ1) is 14.7. The van der Waals surface area contributed by atoms with Crippen LogP contribution < -0.4 is 10.5 Å². The minimum Gasteiger partial charge on any atom is -0.369 e. The minimum atomic E-state index is -4.49. The van der Waals surface area contributed by atoms with Gasteiger partial charge in [-0.2, -0.15) is 13.2 Å². The van der Waals surface area contributed by atoms with Crippen molar-refractivity contribution < 1.29 is 18.0 Å². The second-order valence-electron chi connectivity index (χ2n) is 7.61. The highest BCUT2D eigenvalue weighted by atomic mass is 19.4. The number of hydrogen-bond donors (Lipinski definition) is 1. The van der Waals surface area contributed by atoms with Gasteiger partial charge >= 0.3 is 6.18 Å². The average molecular weight is 430 g/mol. The molecule has 0 spiro atoms. The van der Waals surface area contributed by atoms with Crippen LogP contribution in [-0.4, -0.2) is 46.8 Å². The molecule has 0 radical (unpaired) electrons. The van der Waals surface area contributed by atoms with E-state index in [1.54, 1.807) is 0 Å². The highest BCUT2D eigenvalue weighted by Gasteiger charge is 2.31. The first kappa shape index (κ1) is 21.0. The number of aromatic nitrogens is 2. The molecule has 31 heavy (non-hydrogen) atoms. The Morgan fingerprint density at radius 1 is 1.06 bits per heavy atom. The molecular weight excluding hydrogens is 409 g/mol. The number of rotatable bonds is 4. The highest BCUT2D eigenvalue weighted by molar-refractivity contribution is 5.94. The number of carbonyl (C=O) groups excluding carboxylic acids is 1. The van der Waals surface area contributed by atoms with Crippen molar-refractivity contribution in [2.24, 2.45) is 0 Å². The number of alkyl halides is 3. The maximum atomic E-state index is 13.0. The van der Waals surface area contributed by atoms with Crippen LogP contribution in [0.25, 0.3) is 10.9 Å². The smallest absolute Gasteiger partial charge is 0.369 e. The number of Topliss-reactive ketones (excluding diaryl/α,β-unsaturated/α-hetero) is 1. The summed E-state index contributed by atoms with van der Waals surface area (Å²) in [6.45, 7) is 4.78. The maximum Gasteiger partial charge on any atom is 0.416 e. The normalized spacial score (nSPS) is 15.4. The van der Waals surface area contributed by atoms with E-state index in [2.05, 4.69) is 19.8 Å². The Balaban J connectivity index is 1.45. The van der Waals surface area contributed by atoms with E-state index in [-0.39, 0.29) is 16.7 Å². The van der Waals surface area contributed by atoms with Gasteiger partial charge in [0.05, 0.1) is 23.0 Å². The van der Waals surface area contributed by atoms with Crippen LogP contribution >= 0.6 is 0 Å². The summed E-state index contributed by atoms with van der Waals surface area (Å²) in [5.74, 6) is 0.367. The zero-order chi connectivity index (χ0) is 22.2. The van der Waals surface area contributed by atoms with Gasteiger partial charge in [-0.25, -0.2) is 4.98 Å². The fourth-order valence-corrected chi connectivity index (χ4v) is 3.72. The Hall–Kier alpha value is -3.20. The van der Waals surface area contributed by atoms with Crippen molar-refractivity contribution in [2.45, 2.75) is 19.6 Å². The predicted octanol–water partition coefficient (Wildman–Crippen LogP) is 3.47. The monoisotopic (exact) mass is 430 g/mol. The number of nitrogens with one attached hydrogen (secondary N) is 1. The molecule has 1 aromatic heterocycles. The van der Waals surface area contributed by atoms with Gasteiger partial charge in [-0.1, -0.05) is 0 Å². The number of anilines is 1. The van der Waals surface area contributed by atoms with Crippen molar-refractivity contribution in [1.82, 2.24) is 14.9 Å². The lowest BCUT2D eigenvalue weighted by Crippen LogP contribution is -2.46. The van der Waals surface area contributed by atoms with Crippen LogP contribution in [0.4, 0.5) is 18.9 Å². The molecule has 0 aliphatic carbocycles. The number of benzene rings is 2. The van der Waals surface area contributed by atoms with Crippen LogP contribution in [0.3, 0.4) is 0 Å². The van der Waals surface area contributed by atoms with E-state index < -0.39 is 17.3 Å². The summed E-state index contributed by atoms with van der Waals surface area (Å²) in [5.41, 5.74) is 0.466. The summed E-state index contributed by atoms with van der Waals surface area (Å²) in [4.78, 5) is 34.9. The molecule has 0 saturated carbocycles. The minimum absolute atomic E-state index is 0.0237. The summed E-state index contributed by atoms with van der Waals surface area (Å²) in [5, 5.41) is 0.135. The first-order valence-corrected chi connectivity index (χ1v) is 9.89. The summed E-state index contributed by atoms with van der Waals surface area (Å²) in [7, 11) is 0. The zero-order valence-corrected chi connectivity index (χ0v) is 16.9. The topological polar surface area (TPSA) is 69.3 Å². The van der Waals surface area contributed by atoms with E-state index in [0.29, 0.717) is 31.0 Å². The van der Waals surface area contributed by atoms with Crippen LogP contribution in [0, 0.1) is 0 Å². The van der Waals surface area contributed by atoms with Crippen LogP contribution in [-0.2, 0) is 12.7 Å². The molecular formula is C22H21F3N4O2. The van der Waals surface area contributed by atoms with E-state index in [1.165, 1.54) is 6.92 Å². The summed E-state index contributed by atoms with van der Waals surface area (Å²) < 4.78 is 39.0. The number of halogens is 3. The number of hydrogen-bond acceptors (Lipinski definition) is 5. The Labute approximate surface area is 176 Å². The van der Waals surface area contributed by atoms with Crippen LogP contribution in [0.5, 0.6) is 0 Å². The summed E-state index contributed by atoms with van der Waals surface area (Å²) in [6, 6.07) is 10.4. The van der Waals surface area contributed by atoms with Gasteiger partial charge in [0.1, 0.15) is 5.82 Å². The third kappa shape index (κ3) is 4.61. The van der Waals surface area contributed by atoms with Gasteiger partial charge in [0.25, 0.3) is 5.56 Å². The average Bonchev–Trinajstić information content (AvgIpc) is 2.73. The second kappa shape index (κ2) is 8.14. The third-order valence-electron chi connectivity index (χ3n) is 5.47. The van der Waals surface area contributed by atoms with Gasteiger partial charge in [-0.05, 0) is 49.4 Å². The third-order valence-corrected chi connectivity index (χ3v) is 5.47. The standard InChI is InChI=1S/C22H21F3N4O2/c1-14(30)15-2-5-17(6-3-15)29-10-8-28(9-11-29)13-20-26-19-12-16(22(23,24)25)4-7-18(19)21(31)27-20/h2-7,12H,8-11,13H2,1H3,(H,26,27,31). The predicted molar refractivity (Wildman–Crippen MR) is 111 cm³/mol. The molecule has 4 rings (SSSR count). The molecule has 3 aromatic rings. The number of nitrogens with zero attached hydrogens (tertiary/aromatic N) is 3. The molecule has 1 aliphatic rings. The molecule has 6 nitrogen and oxygen atoms in total. The van der Waals surface area contributed by atoms with Crippen molar-refractivity contribution >= 4 is 22.4 Å². The molecule has 0 amide bonds. The molecule has 9 heteroatoms. The van der Waals surface area contributed by atoms with E-state index in [0.717, 1.165) is 37.0 Å². The fraction of sp³-hybridized carbons (Fsp3) is 0.318. The molecule has 0 unspecified atom stereocenters. The lowest BCUT2D eigenvalue weighted by Gasteiger charge is -2.35. The largest absolute Gasteiger partial charge is 0.416 e. The molecule has 1 N–H and O–H groups in total. The van der Waals surface area contributed by atoms with Crippen molar-refractivity contribution in [3.63, 3.8) is 0 Å². The molecule has 1 fully saturated rings. The molecule has 1 aliphatic heterocycles. The SMILES string of the molecule is CC(=O)c1ccc(N2CCN(Cc3nc4cc(C(F)(F)F)ccc4c(=O)[nH]3)CC2)cc1. The van der Waals surface area contributed by atoms with E-state index in [4.69, 9.17) is 0 Å². The van der Waals surface area contributed by atoms with E-state index in [1.807, 2.05) is 24.3 Å². The highest BCUT2D eigenvalue weighted by Crippen LogP contribution is 2.30. The molecule has 1 saturated heterocycles. The molecule has 0 atom stereocenters. The van der Waals surface area contributed by atoms with Gasteiger partial charge in [0.2, 0.25) is 0 Å². The quantitative estimate of drug-likeness (QED) is 0.642. The number of H-pyrrole nitrogens is 1. The fourth-order valence-electron chi connectivity index (χ4n) is 3.72.